The third-order valence-corrected chi connectivity index (χ3v) is 3.13. The van der Waals surface area contributed by atoms with Crippen molar-refractivity contribution in [3.63, 3.8) is 0 Å². The van der Waals surface area contributed by atoms with Gasteiger partial charge in [0.25, 0.3) is 0 Å². The fourth-order valence-corrected chi connectivity index (χ4v) is 1.94. The van der Waals surface area contributed by atoms with Gasteiger partial charge in [0.2, 0.25) is 0 Å². The molecule has 0 radical (unpaired) electrons. The molecule has 0 bridgehead atoms. The minimum absolute atomic E-state index is 0.0134. The molecular weight excluding hydrogens is 172 g/mol. The summed E-state index contributed by atoms with van der Waals surface area (Å²) in [6, 6.07) is 10.5. The van der Waals surface area contributed by atoms with Gasteiger partial charge in [0.15, 0.2) is 0 Å². The third kappa shape index (κ3) is 1.48. The highest BCUT2D eigenvalue weighted by molar-refractivity contribution is 5.35. The monoisotopic (exact) mass is 188 g/mol. The average Bonchev–Trinajstić information content (AvgIpc) is 2.24. The van der Waals surface area contributed by atoms with Crippen molar-refractivity contribution in [1.29, 1.82) is 0 Å². The van der Waals surface area contributed by atoms with Gasteiger partial charge in [-0.15, -0.1) is 0 Å². The molecule has 0 spiro atoms. The SMILES string of the molecule is C=C1CCOC[C@]1(C)c1ccccc1. The molecule has 1 aliphatic heterocycles. The van der Waals surface area contributed by atoms with Gasteiger partial charge >= 0.3 is 0 Å². The molecule has 74 valence electrons. The predicted molar refractivity (Wildman–Crippen MR) is 58.4 cm³/mol. The number of hydrogen-bond donors (Lipinski definition) is 0. The Labute approximate surface area is 85.4 Å². The van der Waals surface area contributed by atoms with Crippen LogP contribution < -0.4 is 0 Å². The molecule has 0 aliphatic carbocycles. The summed E-state index contributed by atoms with van der Waals surface area (Å²) in [5.74, 6) is 0. The van der Waals surface area contributed by atoms with E-state index in [1.807, 2.05) is 6.07 Å². The van der Waals surface area contributed by atoms with Gasteiger partial charge in [0.1, 0.15) is 0 Å². The van der Waals surface area contributed by atoms with Crippen LogP contribution in [-0.2, 0) is 10.2 Å². The summed E-state index contributed by atoms with van der Waals surface area (Å²) in [4.78, 5) is 0. The molecule has 1 nitrogen and oxygen atoms in total. The number of rotatable bonds is 1. The second kappa shape index (κ2) is 3.58. The van der Waals surface area contributed by atoms with Gasteiger partial charge < -0.3 is 4.74 Å². The fourth-order valence-electron chi connectivity index (χ4n) is 1.94. The van der Waals surface area contributed by atoms with Crippen LogP contribution in [0, 0.1) is 0 Å². The molecule has 0 aromatic heterocycles. The van der Waals surface area contributed by atoms with Crippen LogP contribution in [0.5, 0.6) is 0 Å². The lowest BCUT2D eigenvalue weighted by Gasteiger charge is -2.36. The molecule has 14 heavy (non-hydrogen) atoms. The Hall–Kier alpha value is -1.08. The van der Waals surface area contributed by atoms with Gasteiger partial charge in [-0.2, -0.15) is 0 Å². The highest BCUT2D eigenvalue weighted by Gasteiger charge is 2.32. The molecule has 1 saturated heterocycles. The molecule has 0 saturated carbocycles. The molecule has 1 heterocycles. The van der Waals surface area contributed by atoms with Crippen molar-refractivity contribution in [2.24, 2.45) is 0 Å². The van der Waals surface area contributed by atoms with Crippen molar-refractivity contribution in [2.45, 2.75) is 18.8 Å². The van der Waals surface area contributed by atoms with Crippen LogP contribution >= 0.6 is 0 Å². The zero-order valence-electron chi connectivity index (χ0n) is 8.62. The molecule has 1 aromatic rings. The summed E-state index contributed by atoms with van der Waals surface area (Å²) < 4.78 is 5.55. The van der Waals surface area contributed by atoms with Crippen LogP contribution in [0.4, 0.5) is 0 Å². The first-order valence-corrected chi connectivity index (χ1v) is 5.05. The molecule has 0 amide bonds. The summed E-state index contributed by atoms with van der Waals surface area (Å²) in [7, 11) is 0. The first-order chi connectivity index (χ1) is 6.73. The first-order valence-electron chi connectivity index (χ1n) is 5.05. The summed E-state index contributed by atoms with van der Waals surface area (Å²) in [5.41, 5.74) is 2.61. The smallest absolute Gasteiger partial charge is 0.0597 e. The molecule has 1 aliphatic rings. The molecule has 1 aromatic carbocycles. The summed E-state index contributed by atoms with van der Waals surface area (Å²) in [6.45, 7) is 7.96. The van der Waals surface area contributed by atoms with E-state index >= 15 is 0 Å². The maximum absolute atomic E-state index is 5.55. The first kappa shape index (κ1) is 9.47. The van der Waals surface area contributed by atoms with Crippen molar-refractivity contribution in [3.05, 3.63) is 48.0 Å². The minimum Gasteiger partial charge on any atom is -0.380 e. The number of ether oxygens (including phenoxy) is 1. The highest BCUT2D eigenvalue weighted by Crippen LogP contribution is 2.35. The summed E-state index contributed by atoms with van der Waals surface area (Å²) >= 11 is 0. The highest BCUT2D eigenvalue weighted by atomic mass is 16.5. The van der Waals surface area contributed by atoms with E-state index in [9.17, 15) is 0 Å². The lowest BCUT2D eigenvalue weighted by molar-refractivity contribution is 0.0739. The van der Waals surface area contributed by atoms with Crippen LogP contribution in [0.3, 0.4) is 0 Å². The van der Waals surface area contributed by atoms with E-state index in [0.29, 0.717) is 0 Å². The van der Waals surface area contributed by atoms with Gasteiger partial charge in [-0.25, -0.2) is 0 Å². The van der Waals surface area contributed by atoms with Crippen LogP contribution in [0.15, 0.2) is 42.5 Å². The van der Waals surface area contributed by atoms with Gasteiger partial charge in [-0.1, -0.05) is 42.5 Å². The summed E-state index contributed by atoms with van der Waals surface area (Å²) in [5, 5.41) is 0. The van der Waals surface area contributed by atoms with E-state index in [-0.39, 0.29) is 5.41 Å². The van der Waals surface area contributed by atoms with E-state index in [2.05, 4.69) is 37.8 Å². The molecule has 1 atom stereocenters. The fraction of sp³-hybridized carbons (Fsp3) is 0.385. The zero-order chi connectivity index (χ0) is 10.0. The van der Waals surface area contributed by atoms with E-state index in [1.165, 1.54) is 11.1 Å². The second-order valence-electron chi connectivity index (χ2n) is 4.10. The van der Waals surface area contributed by atoms with Crippen molar-refractivity contribution >= 4 is 0 Å². The lowest BCUT2D eigenvalue weighted by Crippen LogP contribution is -2.34. The van der Waals surface area contributed by atoms with Gasteiger partial charge in [0, 0.05) is 5.41 Å². The van der Waals surface area contributed by atoms with Crippen molar-refractivity contribution in [2.75, 3.05) is 13.2 Å². The quantitative estimate of drug-likeness (QED) is 0.616. The molecule has 1 heteroatoms. The van der Waals surface area contributed by atoms with Gasteiger partial charge in [0.05, 0.1) is 13.2 Å². The Balaban J connectivity index is 2.35. The standard InChI is InChI=1S/C13H16O/c1-11-8-9-14-10-13(11,2)12-6-4-3-5-7-12/h3-7H,1,8-10H2,2H3/t13-/m0/s1. The van der Waals surface area contributed by atoms with E-state index in [4.69, 9.17) is 4.74 Å². The Morgan fingerprint density at radius 1 is 1.29 bits per heavy atom. The van der Waals surface area contributed by atoms with Crippen LogP contribution in [0.25, 0.3) is 0 Å². The topological polar surface area (TPSA) is 9.23 Å². The molecule has 0 unspecified atom stereocenters. The van der Waals surface area contributed by atoms with E-state index in [1.54, 1.807) is 0 Å². The summed E-state index contributed by atoms with van der Waals surface area (Å²) in [6.07, 6.45) is 0.978. The van der Waals surface area contributed by atoms with E-state index < -0.39 is 0 Å². The van der Waals surface area contributed by atoms with Crippen LogP contribution in [0.2, 0.25) is 0 Å². The molecule has 2 rings (SSSR count). The van der Waals surface area contributed by atoms with Crippen molar-refractivity contribution in [3.8, 4) is 0 Å². The second-order valence-corrected chi connectivity index (χ2v) is 4.10. The van der Waals surface area contributed by atoms with Crippen LogP contribution in [-0.4, -0.2) is 13.2 Å². The number of hydrogen-bond acceptors (Lipinski definition) is 1. The zero-order valence-corrected chi connectivity index (χ0v) is 8.62. The van der Waals surface area contributed by atoms with Crippen molar-refractivity contribution in [1.82, 2.24) is 0 Å². The molecular formula is C13H16O. The third-order valence-electron chi connectivity index (χ3n) is 3.13. The predicted octanol–water partition coefficient (Wildman–Crippen LogP) is 2.92. The van der Waals surface area contributed by atoms with Gasteiger partial charge in [-0.05, 0) is 18.9 Å². The maximum Gasteiger partial charge on any atom is 0.0597 e. The van der Waals surface area contributed by atoms with Crippen molar-refractivity contribution < 1.29 is 4.74 Å². The minimum atomic E-state index is 0.0134. The number of benzene rings is 1. The van der Waals surface area contributed by atoms with E-state index in [0.717, 1.165) is 19.6 Å². The maximum atomic E-state index is 5.55. The van der Waals surface area contributed by atoms with Crippen LogP contribution in [0.1, 0.15) is 18.9 Å². The molecule has 0 N–H and O–H groups in total. The Kier molecular flexibility index (Phi) is 2.42. The van der Waals surface area contributed by atoms with Gasteiger partial charge in [-0.3, -0.25) is 0 Å². The Morgan fingerprint density at radius 2 is 2.00 bits per heavy atom. The average molecular weight is 188 g/mol. The Bertz CT molecular complexity index is 328. The Morgan fingerprint density at radius 3 is 2.64 bits per heavy atom. The largest absolute Gasteiger partial charge is 0.380 e. The normalized spacial score (nSPS) is 27.6. The lowest BCUT2D eigenvalue weighted by atomic mass is 9.75. The molecule has 1 fully saturated rings.